The minimum atomic E-state index is -0.134. The van der Waals surface area contributed by atoms with Crippen molar-refractivity contribution in [2.45, 2.75) is 32.0 Å². The van der Waals surface area contributed by atoms with Gasteiger partial charge in [0.2, 0.25) is 0 Å². The number of amides is 2. The molecule has 1 N–H and O–H groups in total. The van der Waals surface area contributed by atoms with E-state index in [4.69, 9.17) is 9.47 Å². The second kappa shape index (κ2) is 11.3. The third-order valence-electron chi connectivity index (χ3n) is 9.30. The number of methoxy groups -OCH3 is 2. The number of rotatable bonds is 6. The molecule has 8 rings (SSSR count). The molecular weight excluding hydrogens is 540 g/mol. The Bertz CT molecular complexity index is 1690. The van der Waals surface area contributed by atoms with Gasteiger partial charge in [-0.2, -0.15) is 0 Å². The Kier molecular flexibility index (Phi) is 7.15. The number of carbonyl (C=O) groups excluding carboxylic acids is 2. The largest absolute Gasteiger partial charge is 0.496 e. The number of hydrogen-bond donors (Lipinski definition) is 1. The van der Waals surface area contributed by atoms with Crippen LogP contribution in [0.3, 0.4) is 0 Å². The first-order chi connectivity index (χ1) is 21.0. The fraction of sp³-hybridized carbons (Fsp3) is 0.314. The Hall–Kier alpha value is -4.56. The van der Waals surface area contributed by atoms with Crippen molar-refractivity contribution >= 4 is 17.5 Å². The maximum atomic E-state index is 14.2. The van der Waals surface area contributed by atoms with E-state index in [2.05, 4.69) is 14.8 Å². The quantitative estimate of drug-likeness (QED) is 0.341. The molecule has 4 aliphatic rings. The number of aromatic nitrogens is 1. The molecule has 0 aliphatic carbocycles. The molecule has 0 spiro atoms. The first-order valence-electron chi connectivity index (χ1n) is 15.0. The summed E-state index contributed by atoms with van der Waals surface area (Å²) in [5.41, 5.74) is 5.64. The lowest BCUT2D eigenvalue weighted by Crippen LogP contribution is -2.57. The molecule has 1 aromatic heterocycles. The molecule has 8 nitrogen and oxygen atoms in total. The molecule has 5 heterocycles. The summed E-state index contributed by atoms with van der Waals surface area (Å²) in [6.45, 7) is 4.05. The number of fused-ring (bicyclic) bond motifs is 5. The SMILES string of the molecule is COc1ccccc1-c1ccc(C(=O)N2Cc3ccc(C(=O)N[C@@H]4CN5CCC4CC5)n3Cc3ccccc32)cc1OC. The van der Waals surface area contributed by atoms with E-state index in [0.29, 0.717) is 36.0 Å². The van der Waals surface area contributed by atoms with Crippen LogP contribution in [0.4, 0.5) is 5.69 Å². The maximum Gasteiger partial charge on any atom is 0.268 e. The van der Waals surface area contributed by atoms with Crippen LogP contribution in [0.1, 0.15) is 44.9 Å². The number of ether oxygens (including phenoxy) is 2. The first-order valence-corrected chi connectivity index (χ1v) is 15.0. The lowest BCUT2D eigenvalue weighted by Gasteiger charge is -2.44. The van der Waals surface area contributed by atoms with Crippen LogP contribution in [0.5, 0.6) is 11.5 Å². The fourth-order valence-electron chi connectivity index (χ4n) is 6.98. The summed E-state index contributed by atoms with van der Waals surface area (Å²) >= 11 is 0. The average Bonchev–Trinajstić information content (AvgIpc) is 3.37. The van der Waals surface area contributed by atoms with E-state index in [1.54, 1.807) is 25.2 Å². The van der Waals surface area contributed by atoms with Gasteiger partial charge in [0.05, 0.1) is 27.3 Å². The number of para-hydroxylation sites is 2. The average molecular weight is 577 g/mol. The highest BCUT2D eigenvalue weighted by Gasteiger charge is 2.36. The molecule has 2 bridgehead atoms. The van der Waals surface area contributed by atoms with Crippen LogP contribution in [0.15, 0.2) is 78.9 Å². The number of benzene rings is 3. The Morgan fingerprint density at radius 3 is 2.33 bits per heavy atom. The van der Waals surface area contributed by atoms with Gasteiger partial charge in [0.15, 0.2) is 0 Å². The molecule has 3 fully saturated rings. The van der Waals surface area contributed by atoms with Gasteiger partial charge in [-0.25, -0.2) is 0 Å². The number of hydrogen-bond acceptors (Lipinski definition) is 5. The molecule has 4 aliphatic heterocycles. The van der Waals surface area contributed by atoms with Crippen LogP contribution in [0.25, 0.3) is 11.1 Å². The van der Waals surface area contributed by atoms with Crippen molar-refractivity contribution in [3.05, 3.63) is 101 Å². The van der Waals surface area contributed by atoms with E-state index in [9.17, 15) is 9.59 Å². The van der Waals surface area contributed by atoms with Gasteiger partial charge >= 0.3 is 0 Å². The predicted molar refractivity (Wildman–Crippen MR) is 166 cm³/mol. The van der Waals surface area contributed by atoms with E-state index in [-0.39, 0.29) is 17.9 Å². The number of nitrogens with one attached hydrogen (secondary N) is 1. The molecule has 8 heteroatoms. The smallest absolute Gasteiger partial charge is 0.268 e. The normalized spacial score (nSPS) is 20.5. The highest BCUT2D eigenvalue weighted by atomic mass is 16.5. The number of anilines is 1. The molecule has 0 unspecified atom stereocenters. The van der Waals surface area contributed by atoms with Gasteiger partial charge in [-0.3, -0.25) is 9.59 Å². The number of carbonyl (C=O) groups is 2. The zero-order chi connectivity index (χ0) is 29.5. The van der Waals surface area contributed by atoms with Crippen LogP contribution in [-0.4, -0.2) is 61.2 Å². The topological polar surface area (TPSA) is 76.0 Å². The lowest BCUT2D eigenvalue weighted by molar-refractivity contribution is 0.0615. The molecule has 2 amide bonds. The monoisotopic (exact) mass is 576 g/mol. The van der Waals surface area contributed by atoms with Crippen molar-refractivity contribution in [2.24, 2.45) is 5.92 Å². The first kappa shape index (κ1) is 27.3. The van der Waals surface area contributed by atoms with Crippen LogP contribution in [0, 0.1) is 5.92 Å². The van der Waals surface area contributed by atoms with Gasteiger partial charge in [0.25, 0.3) is 11.8 Å². The third kappa shape index (κ3) is 4.95. The number of piperidine rings is 3. The molecule has 0 radical (unpaired) electrons. The zero-order valence-corrected chi connectivity index (χ0v) is 24.6. The van der Waals surface area contributed by atoms with Crippen LogP contribution in [-0.2, 0) is 13.1 Å². The summed E-state index contributed by atoms with van der Waals surface area (Å²) in [6, 6.07) is 25.3. The van der Waals surface area contributed by atoms with Gasteiger partial charge in [-0.1, -0.05) is 36.4 Å². The van der Waals surface area contributed by atoms with E-state index in [0.717, 1.165) is 66.3 Å². The van der Waals surface area contributed by atoms with Crippen molar-refractivity contribution in [3.63, 3.8) is 0 Å². The van der Waals surface area contributed by atoms with Crippen molar-refractivity contribution in [2.75, 3.05) is 38.8 Å². The lowest BCUT2D eigenvalue weighted by atomic mass is 9.84. The van der Waals surface area contributed by atoms with Gasteiger partial charge < -0.3 is 29.2 Å². The van der Waals surface area contributed by atoms with E-state index in [1.807, 2.05) is 72.8 Å². The van der Waals surface area contributed by atoms with Crippen LogP contribution < -0.4 is 19.7 Å². The summed E-state index contributed by atoms with van der Waals surface area (Å²) in [5.74, 6) is 1.70. The standard InChI is InChI=1S/C35H36N4O4/c1-42-32-10-6-4-8-27(32)28-13-11-24(19-33(28)43-2)35(41)39-21-26-12-14-31(38(26)20-25-7-3-5-9-30(25)39)34(40)36-29-22-37-17-15-23(29)16-18-37/h3-14,19,23,29H,15-18,20-22H2,1-2H3,(H,36,40)/t29-/m1/s1. The highest BCUT2D eigenvalue weighted by molar-refractivity contribution is 6.07. The Labute approximate surface area is 251 Å². The molecule has 220 valence electrons. The summed E-state index contributed by atoms with van der Waals surface area (Å²) < 4.78 is 13.4. The van der Waals surface area contributed by atoms with Crippen molar-refractivity contribution in [3.8, 4) is 22.6 Å². The molecule has 3 aromatic carbocycles. The van der Waals surface area contributed by atoms with E-state index >= 15 is 0 Å². The Balaban J connectivity index is 1.19. The third-order valence-corrected chi connectivity index (χ3v) is 9.30. The van der Waals surface area contributed by atoms with Crippen molar-refractivity contribution in [1.82, 2.24) is 14.8 Å². The molecule has 3 saturated heterocycles. The second-order valence-electron chi connectivity index (χ2n) is 11.6. The van der Waals surface area contributed by atoms with Crippen molar-refractivity contribution < 1.29 is 19.1 Å². The Morgan fingerprint density at radius 2 is 1.56 bits per heavy atom. The zero-order valence-electron chi connectivity index (χ0n) is 24.6. The van der Waals surface area contributed by atoms with Crippen LogP contribution >= 0.6 is 0 Å². The molecule has 43 heavy (non-hydrogen) atoms. The minimum Gasteiger partial charge on any atom is -0.496 e. The van der Waals surface area contributed by atoms with Gasteiger partial charge in [-0.05, 0) is 79.9 Å². The van der Waals surface area contributed by atoms with Crippen molar-refractivity contribution in [1.29, 1.82) is 0 Å². The molecule has 4 aromatic rings. The van der Waals surface area contributed by atoms with Gasteiger partial charge in [0, 0.05) is 40.7 Å². The summed E-state index contributed by atoms with van der Waals surface area (Å²) in [7, 11) is 3.25. The van der Waals surface area contributed by atoms with E-state index < -0.39 is 0 Å². The van der Waals surface area contributed by atoms with Crippen LogP contribution in [0.2, 0.25) is 0 Å². The van der Waals surface area contributed by atoms with E-state index in [1.165, 1.54) is 0 Å². The number of nitrogens with zero attached hydrogens (tertiary/aromatic N) is 3. The fourth-order valence-corrected chi connectivity index (χ4v) is 6.98. The Morgan fingerprint density at radius 1 is 0.814 bits per heavy atom. The predicted octanol–water partition coefficient (Wildman–Crippen LogP) is 5.21. The van der Waals surface area contributed by atoms with Gasteiger partial charge in [0.1, 0.15) is 17.2 Å². The summed E-state index contributed by atoms with van der Waals surface area (Å²) in [4.78, 5) is 32.0. The molecule has 1 atom stereocenters. The minimum absolute atomic E-state index is 0.0427. The molecular formula is C35H36N4O4. The summed E-state index contributed by atoms with van der Waals surface area (Å²) in [5, 5.41) is 3.34. The van der Waals surface area contributed by atoms with Gasteiger partial charge in [-0.15, -0.1) is 0 Å². The highest BCUT2D eigenvalue weighted by Crippen LogP contribution is 2.38. The second-order valence-corrected chi connectivity index (χ2v) is 11.6. The molecule has 0 saturated carbocycles. The summed E-state index contributed by atoms with van der Waals surface area (Å²) in [6.07, 6.45) is 2.29. The maximum absolute atomic E-state index is 14.2.